The molecule has 252 valence electrons. The molecule has 0 fully saturated rings. The predicted octanol–water partition coefficient (Wildman–Crippen LogP) is 13.8. The molecule has 0 bridgehead atoms. The lowest BCUT2D eigenvalue weighted by atomic mass is 9.95. The lowest BCUT2D eigenvalue weighted by Gasteiger charge is -2.13. The van der Waals surface area contributed by atoms with Crippen LogP contribution in [-0.4, -0.2) is 14.5 Å². The minimum absolute atomic E-state index is 0.649. The summed E-state index contributed by atoms with van der Waals surface area (Å²) in [5, 5.41) is 7.50. The van der Waals surface area contributed by atoms with Gasteiger partial charge in [-0.05, 0) is 51.7 Å². The van der Waals surface area contributed by atoms with Crippen molar-refractivity contribution in [3.8, 4) is 50.7 Å². The highest BCUT2D eigenvalue weighted by molar-refractivity contribution is 7.26. The second-order valence-corrected chi connectivity index (χ2v) is 14.8. The molecule has 11 aromatic rings. The monoisotopic (exact) mass is 705 g/mol. The molecular formula is C50H31N3S. The average Bonchev–Trinajstić information content (AvgIpc) is 3.81. The third kappa shape index (κ3) is 4.88. The quantitative estimate of drug-likeness (QED) is 0.178. The summed E-state index contributed by atoms with van der Waals surface area (Å²) in [5.41, 5.74) is 10.8. The molecule has 8 aromatic carbocycles. The largest absolute Gasteiger partial charge is 0.278 e. The van der Waals surface area contributed by atoms with Crippen LogP contribution >= 0.6 is 11.3 Å². The molecule has 0 aliphatic carbocycles. The molecule has 11 rings (SSSR count). The van der Waals surface area contributed by atoms with Gasteiger partial charge in [0.05, 0.1) is 22.4 Å². The van der Waals surface area contributed by atoms with E-state index in [2.05, 4.69) is 180 Å². The van der Waals surface area contributed by atoms with Gasteiger partial charge >= 0.3 is 0 Å². The lowest BCUT2D eigenvalue weighted by Crippen LogP contribution is -2.04. The van der Waals surface area contributed by atoms with E-state index in [0.717, 1.165) is 33.5 Å². The van der Waals surface area contributed by atoms with E-state index in [4.69, 9.17) is 9.97 Å². The van der Waals surface area contributed by atoms with Crippen LogP contribution < -0.4 is 0 Å². The predicted molar refractivity (Wildman–Crippen MR) is 229 cm³/mol. The maximum Gasteiger partial charge on any atom is 0.235 e. The van der Waals surface area contributed by atoms with Gasteiger partial charge in [-0.2, -0.15) is 0 Å². The first kappa shape index (κ1) is 30.7. The zero-order chi connectivity index (χ0) is 35.6. The second kappa shape index (κ2) is 12.4. The van der Waals surface area contributed by atoms with Crippen LogP contribution in [0.4, 0.5) is 0 Å². The maximum atomic E-state index is 5.35. The lowest BCUT2D eigenvalue weighted by molar-refractivity contribution is 0.996. The Labute approximate surface area is 316 Å². The van der Waals surface area contributed by atoms with Gasteiger partial charge in [-0.25, -0.2) is 9.97 Å². The van der Waals surface area contributed by atoms with Crippen molar-refractivity contribution in [3.05, 3.63) is 188 Å². The fourth-order valence-corrected chi connectivity index (χ4v) is 9.37. The minimum Gasteiger partial charge on any atom is -0.278 e. The Hall–Kier alpha value is -6.88. The minimum atomic E-state index is 0.649. The van der Waals surface area contributed by atoms with Crippen LogP contribution in [-0.2, 0) is 0 Å². The van der Waals surface area contributed by atoms with Crippen molar-refractivity contribution in [2.75, 3.05) is 0 Å². The molecule has 3 aromatic heterocycles. The summed E-state index contributed by atoms with van der Waals surface area (Å²) < 4.78 is 4.86. The SMILES string of the molecule is c1ccc(-c2ccc(-c3cc4c(c5ccccc5n4-c4nc(-c5ccccc5)cc(-c5ccccc5)n4)c4c3sc3ccc5ccccc5c34)cc2)cc1. The van der Waals surface area contributed by atoms with Crippen LogP contribution in [0.5, 0.6) is 0 Å². The molecule has 0 radical (unpaired) electrons. The summed E-state index contributed by atoms with van der Waals surface area (Å²) in [7, 11) is 0. The number of benzene rings is 8. The summed E-state index contributed by atoms with van der Waals surface area (Å²) in [6.45, 7) is 0. The molecule has 0 aliphatic rings. The molecule has 0 saturated heterocycles. The Bertz CT molecular complexity index is 3120. The molecule has 0 atom stereocenters. The van der Waals surface area contributed by atoms with Gasteiger partial charge in [-0.15, -0.1) is 11.3 Å². The highest BCUT2D eigenvalue weighted by Crippen LogP contribution is 2.49. The summed E-state index contributed by atoms with van der Waals surface area (Å²) in [6.07, 6.45) is 0. The van der Waals surface area contributed by atoms with Crippen molar-refractivity contribution in [2.45, 2.75) is 0 Å². The average molecular weight is 706 g/mol. The standard InChI is InChI=1S/C50H31N3S/c1-4-14-32(15-5-1)33-24-26-35(27-25-33)40-30-44-46(48-47-38-21-11-10-16-34(38)28-29-45(47)54-49(40)48)39-22-12-13-23-43(39)53(44)50-51-41(36-17-6-2-7-18-36)31-42(52-50)37-19-8-3-9-20-37/h1-31H. The summed E-state index contributed by atoms with van der Waals surface area (Å²) >= 11 is 1.89. The molecule has 3 heterocycles. The van der Waals surface area contributed by atoms with Gasteiger partial charge in [-0.3, -0.25) is 4.57 Å². The number of aromatic nitrogens is 3. The Morgan fingerprint density at radius 3 is 1.63 bits per heavy atom. The van der Waals surface area contributed by atoms with Crippen LogP contribution in [0, 0.1) is 0 Å². The Kier molecular flexibility index (Phi) is 7.04. The van der Waals surface area contributed by atoms with Crippen LogP contribution in [0.3, 0.4) is 0 Å². The van der Waals surface area contributed by atoms with E-state index >= 15 is 0 Å². The highest BCUT2D eigenvalue weighted by Gasteiger charge is 2.24. The van der Waals surface area contributed by atoms with Gasteiger partial charge in [0.2, 0.25) is 5.95 Å². The third-order valence-electron chi connectivity index (χ3n) is 10.6. The molecule has 0 amide bonds. The number of hydrogen-bond acceptors (Lipinski definition) is 3. The molecule has 0 unspecified atom stereocenters. The van der Waals surface area contributed by atoms with Crippen LogP contribution in [0.15, 0.2) is 188 Å². The molecule has 0 N–H and O–H groups in total. The number of rotatable bonds is 5. The van der Waals surface area contributed by atoms with E-state index < -0.39 is 0 Å². The fraction of sp³-hybridized carbons (Fsp3) is 0. The van der Waals surface area contributed by atoms with E-state index in [-0.39, 0.29) is 0 Å². The number of nitrogens with zero attached hydrogens (tertiary/aromatic N) is 3. The van der Waals surface area contributed by atoms with Crippen molar-refractivity contribution < 1.29 is 0 Å². The summed E-state index contributed by atoms with van der Waals surface area (Å²) in [4.78, 5) is 10.7. The number of hydrogen-bond donors (Lipinski definition) is 0. The van der Waals surface area contributed by atoms with Gasteiger partial charge in [0, 0.05) is 47.6 Å². The zero-order valence-electron chi connectivity index (χ0n) is 29.1. The summed E-state index contributed by atoms with van der Waals surface area (Å²) in [5.74, 6) is 0.649. The number of thiophene rings is 1. The van der Waals surface area contributed by atoms with Gasteiger partial charge in [0.25, 0.3) is 0 Å². The van der Waals surface area contributed by atoms with E-state index in [1.165, 1.54) is 64.0 Å². The second-order valence-electron chi connectivity index (χ2n) is 13.8. The smallest absolute Gasteiger partial charge is 0.235 e. The third-order valence-corrected chi connectivity index (χ3v) is 11.8. The zero-order valence-corrected chi connectivity index (χ0v) is 30.0. The Morgan fingerprint density at radius 2 is 0.944 bits per heavy atom. The maximum absolute atomic E-state index is 5.35. The van der Waals surface area contributed by atoms with Crippen LogP contribution in [0.25, 0.3) is 103 Å². The first-order valence-electron chi connectivity index (χ1n) is 18.2. The highest BCUT2D eigenvalue weighted by atomic mass is 32.1. The van der Waals surface area contributed by atoms with Gasteiger partial charge in [0.15, 0.2) is 0 Å². The first-order chi connectivity index (χ1) is 26.8. The molecule has 0 aliphatic heterocycles. The van der Waals surface area contributed by atoms with Gasteiger partial charge in [-0.1, -0.05) is 164 Å². The Balaban J connectivity index is 1.28. The van der Waals surface area contributed by atoms with Gasteiger partial charge < -0.3 is 0 Å². The van der Waals surface area contributed by atoms with E-state index in [1.807, 2.05) is 23.5 Å². The van der Waals surface area contributed by atoms with Crippen molar-refractivity contribution in [2.24, 2.45) is 0 Å². The van der Waals surface area contributed by atoms with Crippen LogP contribution in [0.2, 0.25) is 0 Å². The van der Waals surface area contributed by atoms with Gasteiger partial charge in [0.1, 0.15) is 0 Å². The first-order valence-corrected chi connectivity index (χ1v) is 19.1. The molecule has 54 heavy (non-hydrogen) atoms. The van der Waals surface area contributed by atoms with Crippen molar-refractivity contribution in [3.63, 3.8) is 0 Å². The van der Waals surface area contributed by atoms with E-state index in [9.17, 15) is 0 Å². The van der Waals surface area contributed by atoms with Crippen LogP contribution in [0.1, 0.15) is 0 Å². The topological polar surface area (TPSA) is 30.7 Å². The van der Waals surface area contributed by atoms with E-state index in [1.54, 1.807) is 0 Å². The molecular weight excluding hydrogens is 675 g/mol. The molecule has 0 saturated carbocycles. The summed E-state index contributed by atoms with van der Waals surface area (Å²) in [6, 6.07) is 67.1. The molecule has 4 heteroatoms. The number of fused-ring (bicyclic) bond motifs is 9. The van der Waals surface area contributed by atoms with Crippen molar-refractivity contribution in [1.29, 1.82) is 0 Å². The number of para-hydroxylation sites is 1. The fourth-order valence-electron chi connectivity index (χ4n) is 8.11. The molecule has 0 spiro atoms. The molecule has 3 nitrogen and oxygen atoms in total. The van der Waals surface area contributed by atoms with E-state index in [0.29, 0.717) is 5.95 Å². The van der Waals surface area contributed by atoms with Crippen molar-refractivity contribution in [1.82, 2.24) is 14.5 Å². The normalized spacial score (nSPS) is 11.7. The Morgan fingerprint density at radius 1 is 0.389 bits per heavy atom. The van der Waals surface area contributed by atoms with Crippen molar-refractivity contribution >= 4 is 64.1 Å².